The topological polar surface area (TPSA) is 98.6 Å². The number of piperidine rings is 1. The summed E-state index contributed by atoms with van der Waals surface area (Å²) in [6, 6.07) is 13.5. The SMILES string of the molecule is COc1ccc([C@@H]2Cn3cnc(C(=O)N4CCC(C(=O)NCc5ccccn5)CC4)c3CO2)cc1. The van der Waals surface area contributed by atoms with Crippen LogP contribution in [0.25, 0.3) is 0 Å². The van der Waals surface area contributed by atoms with Crippen LogP contribution in [-0.2, 0) is 29.2 Å². The minimum Gasteiger partial charge on any atom is -0.497 e. The minimum absolute atomic E-state index is 0.0140. The lowest BCUT2D eigenvalue weighted by atomic mass is 9.95. The van der Waals surface area contributed by atoms with E-state index >= 15 is 0 Å². The van der Waals surface area contributed by atoms with Crippen molar-refractivity contribution < 1.29 is 19.1 Å². The van der Waals surface area contributed by atoms with Gasteiger partial charge in [-0.25, -0.2) is 4.98 Å². The van der Waals surface area contributed by atoms with Crippen LogP contribution < -0.4 is 10.1 Å². The molecule has 2 aromatic heterocycles. The molecule has 1 saturated heterocycles. The maximum atomic E-state index is 13.2. The number of fused-ring (bicyclic) bond motifs is 1. The van der Waals surface area contributed by atoms with Gasteiger partial charge in [0.1, 0.15) is 11.9 Å². The molecule has 0 aliphatic carbocycles. The molecular formula is C26H29N5O4. The van der Waals surface area contributed by atoms with Crippen LogP contribution in [0.1, 0.15) is 46.4 Å². The van der Waals surface area contributed by atoms with Crippen molar-refractivity contribution in [1.82, 2.24) is 24.8 Å². The second-order valence-corrected chi connectivity index (χ2v) is 8.87. The van der Waals surface area contributed by atoms with Crippen LogP contribution >= 0.6 is 0 Å². The fraction of sp³-hybridized carbons (Fsp3) is 0.385. The number of hydrogen-bond donors (Lipinski definition) is 1. The Kier molecular flexibility index (Phi) is 6.76. The molecule has 2 amide bonds. The molecule has 2 aliphatic heterocycles. The van der Waals surface area contributed by atoms with Gasteiger partial charge in [0.15, 0.2) is 5.69 Å². The summed E-state index contributed by atoms with van der Waals surface area (Å²) in [7, 11) is 1.64. The second-order valence-electron chi connectivity index (χ2n) is 8.87. The third-order valence-electron chi connectivity index (χ3n) is 6.74. The third-order valence-corrected chi connectivity index (χ3v) is 6.74. The Bertz CT molecular complexity index is 1170. The van der Waals surface area contributed by atoms with Crippen LogP contribution in [0.15, 0.2) is 55.0 Å². The van der Waals surface area contributed by atoms with Crippen molar-refractivity contribution in [3.63, 3.8) is 0 Å². The van der Waals surface area contributed by atoms with Crippen molar-refractivity contribution in [2.75, 3.05) is 20.2 Å². The van der Waals surface area contributed by atoms with E-state index in [-0.39, 0.29) is 23.8 Å². The summed E-state index contributed by atoms with van der Waals surface area (Å²) in [4.78, 5) is 36.2. The number of methoxy groups -OCH3 is 1. The standard InChI is InChI=1S/C26H29N5O4/c1-34-21-7-5-18(6-8-21)23-15-31-17-29-24(22(31)16-35-23)26(33)30-12-9-19(10-13-30)25(32)28-14-20-4-2-3-11-27-20/h2-8,11,17,19,23H,9-10,12-16H2,1H3,(H,28,32)/t23-/m0/s1. The molecule has 2 aliphatic rings. The summed E-state index contributed by atoms with van der Waals surface area (Å²) in [5, 5.41) is 2.96. The Hall–Kier alpha value is -3.72. The van der Waals surface area contributed by atoms with Crippen LogP contribution in [0.4, 0.5) is 0 Å². The zero-order valence-corrected chi connectivity index (χ0v) is 19.7. The number of rotatable bonds is 6. The molecule has 0 bridgehead atoms. The lowest BCUT2D eigenvalue weighted by Gasteiger charge is -2.31. The van der Waals surface area contributed by atoms with Gasteiger partial charge in [0.05, 0.1) is 44.5 Å². The molecule has 182 valence electrons. The van der Waals surface area contributed by atoms with E-state index in [1.54, 1.807) is 24.5 Å². The molecule has 4 heterocycles. The summed E-state index contributed by atoms with van der Waals surface area (Å²) >= 11 is 0. The van der Waals surface area contributed by atoms with Crippen LogP contribution in [0, 0.1) is 5.92 Å². The molecular weight excluding hydrogens is 446 g/mol. The number of carbonyl (C=O) groups excluding carboxylic acids is 2. The number of aromatic nitrogens is 3. The number of ether oxygens (including phenoxy) is 2. The first kappa shape index (κ1) is 23.0. The first-order valence-corrected chi connectivity index (χ1v) is 11.9. The smallest absolute Gasteiger partial charge is 0.274 e. The van der Waals surface area contributed by atoms with Crippen molar-refractivity contribution >= 4 is 11.8 Å². The van der Waals surface area contributed by atoms with Gasteiger partial charge < -0.3 is 24.3 Å². The highest BCUT2D eigenvalue weighted by Gasteiger charge is 2.32. The quantitative estimate of drug-likeness (QED) is 0.589. The number of nitrogens with one attached hydrogen (secondary N) is 1. The van der Waals surface area contributed by atoms with Crippen LogP contribution in [-0.4, -0.2) is 51.4 Å². The third kappa shape index (κ3) is 5.05. The van der Waals surface area contributed by atoms with Gasteiger partial charge >= 0.3 is 0 Å². The lowest BCUT2D eigenvalue weighted by Crippen LogP contribution is -2.43. The molecule has 9 nitrogen and oxygen atoms in total. The number of amides is 2. The first-order chi connectivity index (χ1) is 17.1. The van der Waals surface area contributed by atoms with E-state index in [2.05, 4.69) is 15.3 Å². The number of nitrogens with zero attached hydrogens (tertiary/aromatic N) is 4. The summed E-state index contributed by atoms with van der Waals surface area (Å²) in [5.74, 6) is 0.611. The van der Waals surface area contributed by atoms with Crippen molar-refractivity contribution in [3.8, 4) is 5.75 Å². The molecule has 5 rings (SSSR count). The molecule has 3 aromatic rings. The number of imidazole rings is 1. The molecule has 0 spiro atoms. The predicted molar refractivity (Wildman–Crippen MR) is 127 cm³/mol. The van der Waals surface area contributed by atoms with Gasteiger partial charge in [0.2, 0.25) is 5.91 Å². The largest absolute Gasteiger partial charge is 0.497 e. The molecule has 1 fully saturated rings. The zero-order valence-electron chi connectivity index (χ0n) is 19.7. The average molecular weight is 476 g/mol. The molecule has 1 aromatic carbocycles. The van der Waals surface area contributed by atoms with E-state index in [0.29, 0.717) is 51.3 Å². The van der Waals surface area contributed by atoms with Crippen LogP contribution in [0.2, 0.25) is 0 Å². The molecule has 1 N–H and O–H groups in total. The molecule has 0 radical (unpaired) electrons. The maximum Gasteiger partial charge on any atom is 0.274 e. The number of carbonyl (C=O) groups is 2. The lowest BCUT2D eigenvalue weighted by molar-refractivity contribution is -0.126. The number of hydrogen-bond acceptors (Lipinski definition) is 6. The predicted octanol–water partition coefficient (Wildman–Crippen LogP) is 2.73. The highest BCUT2D eigenvalue weighted by molar-refractivity contribution is 5.93. The van der Waals surface area contributed by atoms with Gasteiger partial charge in [-0.15, -0.1) is 0 Å². The van der Waals surface area contributed by atoms with E-state index in [0.717, 1.165) is 22.7 Å². The van der Waals surface area contributed by atoms with Gasteiger partial charge in [-0.3, -0.25) is 14.6 Å². The van der Waals surface area contributed by atoms with Gasteiger partial charge in [0.25, 0.3) is 5.91 Å². The van der Waals surface area contributed by atoms with Crippen LogP contribution in [0.3, 0.4) is 0 Å². The van der Waals surface area contributed by atoms with E-state index in [4.69, 9.17) is 9.47 Å². The molecule has 1 atom stereocenters. The van der Waals surface area contributed by atoms with Crippen molar-refractivity contribution in [3.05, 3.63) is 77.6 Å². The highest BCUT2D eigenvalue weighted by Crippen LogP contribution is 2.30. The summed E-state index contributed by atoms with van der Waals surface area (Å²) < 4.78 is 13.3. The molecule has 0 saturated carbocycles. The second kappa shape index (κ2) is 10.3. The van der Waals surface area contributed by atoms with E-state index in [9.17, 15) is 9.59 Å². The molecule has 35 heavy (non-hydrogen) atoms. The van der Waals surface area contributed by atoms with Crippen LogP contribution in [0.5, 0.6) is 5.75 Å². The zero-order chi connectivity index (χ0) is 24.2. The Morgan fingerprint density at radius 2 is 1.91 bits per heavy atom. The van der Waals surface area contributed by atoms with Gasteiger partial charge in [-0.1, -0.05) is 18.2 Å². The average Bonchev–Trinajstić information content (AvgIpc) is 3.35. The van der Waals surface area contributed by atoms with Gasteiger partial charge in [0, 0.05) is 25.2 Å². The van der Waals surface area contributed by atoms with Gasteiger partial charge in [-0.2, -0.15) is 0 Å². The van der Waals surface area contributed by atoms with Gasteiger partial charge in [-0.05, 0) is 42.7 Å². The normalized spacial score (nSPS) is 18.1. The number of pyridine rings is 1. The van der Waals surface area contributed by atoms with Crippen molar-refractivity contribution in [2.24, 2.45) is 5.92 Å². The monoisotopic (exact) mass is 475 g/mol. The minimum atomic E-state index is -0.106. The summed E-state index contributed by atoms with van der Waals surface area (Å²) in [5.41, 5.74) is 3.13. The Morgan fingerprint density at radius 1 is 1.11 bits per heavy atom. The number of benzene rings is 1. The summed E-state index contributed by atoms with van der Waals surface area (Å²) in [6.07, 6.45) is 4.59. The Morgan fingerprint density at radius 3 is 2.63 bits per heavy atom. The molecule has 9 heteroatoms. The van der Waals surface area contributed by atoms with E-state index in [1.165, 1.54) is 0 Å². The molecule has 0 unspecified atom stereocenters. The van der Waals surface area contributed by atoms with Crippen molar-refractivity contribution in [1.29, 1.82) is 0 Å². The fourth-order valence-electron chi connectivity index (χ4n) is 4.65. The highest BCUT2D eigenvalue weighted by atomic mass is 16.5. The fourth-order valence-corrected chi connectivity index (χ4v) is 4.65. The van der Waals surface area contributed by atoms with E-state index in [1.807, 2.05) is 47.0 Å². The van der Waals surface area contributed by atoms with Crippen molar-refractivity contribution in [2.45, 2.75) is 38.6 Å². The van der Waals surface area contributed by atoms with E-state index < -0.39 is 0 Å². The number of likely N-dealkylation sites (tertiary alicyclic amines) is 1. The Labute approximate surface area is 204 Å². The summed E-state index contributed by atoms with van der Waals surface area (Å²) in [6.45, 7) is 2.39. The first-order valence-electron chi connectivity index (χ1n) is 11.9. The maximum absolute atomic E-state index is 13.2. The Balaban J connectivity index is 1.16.